The van der Waals surface area contributed by atoms with Crippen LogP contribution in [0.5, 0.6) is 0 Å². The largest absolute Gasteiger partial charge is 0.444 e. The second-order valence-corrected chi connectivity index (χ2v) is 7.50. The predicted molar refractivity (Wildman–Crippen MR) is 96.8 cm³/mol. The minimum absolute atomic E-state index is 0.173. The van der Waals surface area contributed by atoms with Crippen molar-refractivity contribution in [2.24, 2.45) is 0 Å². The van der Waals surface area contributed by atoms with Gasteiger partial charge in [-0.25, -0.2) is 9.78 Å². The van der Waals surface area contributed by atoms with Gasteiger partial charge in [-0.1, -0.05) is 11.3 Å². The molecule has 2 rings (SSSR count). The first kappa shape index (κ1) is 18.0. The minimum Gasteiger partial charge on any atom is -0.444 e. The van der Waals surface area contributed by atoms with Crippen LogP contribution in [-0.4, -0.2) is 43.2 Å². The van der Waals surface area contributed by atoms with Gasteiger partial charge in [-0.2, -0.15) is 0 Å². The molecular weight excluding hydrogens is 328 g/mol. The number of hydrogen-bond donors (Lipinski definition) is 2. The van der Waals surface area contributed by atoms with Gasteiger partial charge in [0.05, 0.1) is 10.2 Å². The van der Waals surface area contributed by atoms with E-state index in [1.807, 2.05) is 37.2 Å². The molecule has 2 N–H and O–H groups in total. The van der Waals surface area contributed by atoms with Crippen LogP contribution in [0.1, 0.15) is 20.8 Å². The first-order valence-electron chi connectivity index (χ1n) is 7.49. The molecule has 0 atom stereocenters. The van der Waals surface area contributed by atoms with Crippen molar-refractivity contribution >= 4 is 44.4 Å². The molecule has 0 aliphatic carbocycles. The molecule has 0 fully saturated rings. The molecule has 2 aromatic rings. The molecule has 130 valence electrons. The zero-order valence-electron chi connectivity index (χ0n) is 14.5. The Balaban J connectivity index is 1.94. The maximum Gasteiger partial charge on any atom is 0.408 e. The van der Waals surface area contributed by atoms with Gasteiger partial charge in [0.2, 0.25) is 5.91 Å². The van der Waals surface area contributed by atoms with E-state index < -0.39 is 11.7 Å². The van der Waals surface area contributed by atoms with Crippen molar-refractivity contribution in [3.8, 4) is 0 Å². The summed E-state index contributed by atoms with van der Waals surface area (Å²) in [7, 11) is 3.93. The molecule has 1 aromatic heterocycles. The maximum atomic E-state index is 11.9. The number of rotatable bonds is 4. The van der Waals surface area contributed by atoms with Crippen LogP contribution in [0.15, 0.2) is 18.2 Å². The number of nitrogens with zero attached hydrogens (tertiary/aromatic N) is 2. The van der Waals surface area contributed by atoms with Crippen LogP contribution in [0, 0.1) is 0 Å². The predicted octanol–water partition coefficient (Wildman–Crippen LogP) is 2.83. The highest BCUT2D eigenvalue weighted by Gasteiger charge is 2.17. The summed E-state index contributed by atoms with van der Waals surface area (Å²) >= 11 is 1.39. The number of carbonyl (C=O) groups excluding carboxylic acids is 2. The average Bonchev–Trinajstić information content (AvgIpc) is 2.84. The Kier molecular flexibility index (Phi) is 5.28. The van der Waals surface area contributed by atoms with Crippen molar-refractivity contribution < 1.29 is 14.3 Å². The lowest BCUT2D eigenvalue weighted by atomic mass is 10.2. The van der Waals surface area contributed by atoms with E-state index >= 15 is 0 Å². The minimum atomic E-state index is -0.627. The van der Waals surface area contributed by atoms with E-state index in [-0.39, 0.29) is 12.5 Å². The van der Waals surface area contributed by atoms with Gasteiger partial charge in [0.25, 0.3) is 0 Å². The van der Waals surface area contributed by atoms with Gasteiger partial charge in [-0.15, -0.1) is 0 Å². The first-order chi connectivity index (χ1) is 11.1. The van der Waals surface area contributed by atoms with Crippen LogP contribution in [0.3, 0.4) is 0 Å². The molecule has 8 heteroatoms. The standard InChI is InChI=1S/C16H22N4O3S/c1-16(2,3)23-15(22)17-9-13(21)19-14-18-11-7-6-10(20(4)5)8-12(11)24-14/h6-8H,9H2,1-5H3,(H,17,22)(H,18,19,21). The summed E-state index contributed by atoms with van der Waals surface area (Å²) in [6, 6.07) is 5.90. The lowest BCUT2D eigenvalue weighted by Crippen LogP contribution is -2.37. The summed E-state index contributed by atoms with van der Waals surface area (Å²) in [5.74, 6) is -0.354. The third-order valence-corrected chi connectivity index (χ3v) is 3.86. The number of carbonyl (C=O) groups is 2. The fourth-order valence-corrected chi connectivity index (χ4v) is 2.79. The second kappa shape index (κ2) is 7.04. The Morgan fingerprint density at radius 1 is 1.29 bits per heavy atom. The Labute approximate surface area is 145 Å². The number of benzene rings is 1. The van der Waals surface area contributed by atoms with E-state index in [1.54, 1.807) is 20.8 Å². The van der Waals surface area contributed by atoms with Gasteiger partial charge in [0.1, 0.15) is 12.1 Å². The number of anilines is 2. The van der Waals surface area contributed by atoms with Crippen molar-refractivity contribution in [1.29, 1.82) is 0 Å². The monoisotopic (exact) mass is 350 g/mol. The molecule has 2 amide bonds. The average molecular weight is 350 g/mol. The number of aromatic nitrogens is 1. The number of ether oxygens (including phenoxy) is 1. The second-order valence-electron chi connectivity index (χ2n) is 6.47. The Morgan fingerprint density at radius 3 is 2.62 bits per heavy atom. The summed E-state index contributed by atoms with van der Waals surface area (Å²) in [5, 5.41) is 5.59. The third kappa shape index (κ3) is 5.09. The molecule has 1 aromatic carbocycles. The number of amides is 2. The molecule has 0 aliphatic rings. The van der Waals surface area contributed by atoms with E-state index in [2.05, 4.69) is 15.6 Å². The van der Waals surface area contributed by atoms with Crippen molar-refractivity contribution in [3.63, 3.8) is 0 Å². The van der Waals surface area contributed by atoms with Crippen molar-refractivity contribution in [2.45, 2.75) is 26.4 Å². The Hall–Kier alpha value is -2.35. The fraction of sp³-hybridized carbons (Fsp3) is 0.438. The number of hydrogen-bond acceptors (Lipinski definition) is 6. The molecule has 0 radical (unpaired) electrons. The van der Waals surface area contributed by atoms with E-state index in [0.717, 1.165) is 15.9 Å². The van der Waals surface area contributed by atoms with Gasteiger partial charge in [-0.05, 0) is 39.0 Å². The summed E-state index contributed by atoms with van der Waals surface area (Å²) in [5.41, 5.74) is 1.29. The maximum absolute atomic E-state index is 11.9. The van der Waals surface area contributed by atoms with Crippen LogP contribution in [-0.2, 0) is 9.53 Å². The lowest BCUT2D eigenvalue weighted by Gasteiger charge is -2.19. The van der Waals surface area contributed by atoms with Crippen LogP contribution in [0.2, 0.25) is 0 Å². The fourth-order valence-electron chi connectivity index (χ4n) is 1.88. The highest BCUT2D eigenvalue weighted by atomic mass is 32.1. The third-order valence-electron chi connectivity index (χ3n) is 2.93. The van der Waals surface area contributed by atoms with Crippen molar-refractivity contribution in [1.82, 2.24) is 10.3 Å². The lowest BCUT2D eigenvalue weighted by molar-refractivity contribution is -0.115. The van der Waals surface area contributed by atoms with Gasteiger partial charge < -0.3 is 20.3 Å². The van der Waals surface area contributed by atoms with Crippen LogP contribution >= 0.6 is 11.3 Å². The van der Waals surface area contributed by atoms with Gasteiger partial charge >= 0.3 is 6.09 Å². The highest BCUT2D eigenvalue weighted by molar-refractivity contribution is 7.22. The number of thiazole rings is 1. The number of alkyl carbamates (subject to hydrolysis) is 1. The molecule has 0 saturated carbocycles. The summed E-state index contributed by atoms with van der Waals surface area (Å²) < 4.78 is 6.06. The molecule has 1 heterocycles. The summed E-state index contributed by atoms with van der Waals surface area (Å²) in [6.07, 6.45) is -0.627. The van der Waals surface area contributed by atoms with Crippen LogP contribution in [0.25, 0.3) is 10.2 Å². The van der Waals surface area contributed by atoms with Crippen LogP contribution < -0.4 is 15.5 Å². The van der Waals surface area contributed by atoms with Gasteiger partial charge in [0, 0.05) is 19.8 Å². The molecule has 7 nitrogen and oxygen atoms in total. The topological polar surface area (TPSA) is 83.6 Å². The van der Waals surface area contributed by atoms with Gasteiger partial charge in [-0.3, -0.25) is 4.79 Å². The number of fused-ring (bicyclic) bond motifs is 1. The quantitative estimate of drug-likeness (QED) is 0.886. The molecule has 0 unspecified atom stereocenters. The van der Waals surface area contributed by atoms with E-state index in [9.17, 15) is 9.59 Å². The smallest absolute Gasteiger partial charge is 0.408 e. The molecule has 0 spiro atoms. The molecule has 0 saturated heterocycles. The van der Waals surface area contributed by atoms with E-state index in [1.165, 1.54) is 11.3 Å². The molecule has 0 aliphatic heterocycles. The summed E-state index contributed by atoms with van der Waals surface area (Å²) in [6.45, 7) is 5.11. The van der Waals surface area contributed by atoms with E-state index in [4.69, 9.17) is 4.74 Å². The van der Waals surface area contributed by atoms with Gasteiger partial charge in [0.15, 0.2) is 5.13 Å². The van der Waals surface area contributed by atoms with E-state index in [0.29, 0.717) is 5.13 Å². The van der Waals surface area contributed by atoms with Crippen LogP contribution in [0.4, 0.5) is 15.6 Å². The number of nitrogens with one attached hydrogen (secondary N) is 2. The zero-order chi connectivity index (χ0) is 17.9. The molecule has 24 heavy (non-hydrogen) atoms. The summed E-state index contributed by atoms with van der Waals surface area (Å²) in [4.78, 5) is 29.8. The molecular formula is C16H22N4O3S. The normalized spacial score (nSPS) is 11.2. The molecule has 0 bridgehead atoms. The SMILES string of the molecule is CN(C)c1ccc2nc(NC(=O)CNC(=O)OC(C)(C)C)sc2c1. The first-order valence-corrected chi connectivity index (χ1v) is 8.30. The van der Waals surface area contributed by atoms with Crippen molar-refractivity contribution in [2.75, 3.05) is 30.9 Å². The Bertz CT molecular complexity index is 749. The highest BCUT2D eigenvalue weighted by Crippen LogP contribution is 2.29. The zero-order valence-corrected chi connectivity index (χ0v) is 15.3. The van der Waals surface area contributed by atoms with Crippen molar-refractivity contribution in [3.05, 3.63) is 18.2 Å². The Morgan fingerprint density at radius 2 is 2.00 bits per heavy atom.